The first-order chi connectivity index (χ1) is 19.0. The number of rotatable bonds is 9. The minimum Gasteiger partial charge on any atom is -0.481 e. The second kappa shape index (κ2) is 12.5. The minimum atomic E-state index is -0.938. The first kappa shape index (κ1) is 31.9. The molecule has 0 bridgehead atoms. The van der Waals surface area contributed by atoms with Crippen molar-refractivity contribution >= 4 is 23.7 Å². The Morgan fingerprint density at radius 3 is 2.32 bits per heavy atom. The Hall–Kier alpha value is -3.59. The lowest BCUT2D eigenvalue weighted by molar-refractivity contribution is -0.141. The van der Waals surface area contributed by atoms with Gasteiger partial charge in [0, 0.05) is 28.7 Å². The monoisotopic (exact) mass is 587 g/mol. The fourth-order valence-corrected chi connectivity index (χ4v) is 4.31. The van der Waals surface area contributed by atoms with Gasteiger partial charge in [0.15, 0.2) is 0 Å². The third-order valence-electron chi connectivity index (χ3n) is 6.55. The van der Waals surface area contributed by atoms with E-state index in [2.05, 4.69) is 4.98 Å². The van der Waals surface area contributed by atoms with Gasteiger partial charge in [0.25, 0.3) is 0 Å². The van der Waals surface area contributed by atoms with Gasteiger partial charge >= 0.3 is 12.1 Å². The number of ether oxygens (including phenoxy) is 2. The highest BCUT2D eigenvalue weighted by Crippen LogP contribution is 2.33. The second-order valence-corrected chi connectivity index (χ2v) is 12.6. The normalized spacial score (nSPS) is 12.6. The number of imidazole rings is 1. The van der Waals surface area contributed by atoms with E-state index < -0.39 is 34.9 Å². The number of aromatic nitrogens is 2. The van der Waals surface area contributed by atoms with Crippen LogP contribution in [0.3, 0.4) is 0 Å². The first-order valence-corrected chi connectivity index (χ1v) is 13.8. The SMILES string of the molecule is C[C@H](CCc1c(F)cc(Cl)cc1Oc1ccc(-c2cnc(CN(C(=O)OC(C)(C)C)C(C)(C)C)n2C)cc1)C(=O)O. The van der Waals surface area contributed by atoms with E-state index in [1.807, 2.05) is 65.3 Å². The number of halogens is 2. The summed E-state index contributed by atoms with van der Waals surface area (Å²) in [6.45, 7) is 13.2. The standard InChI is InChI=1S/C31H39ClFN3O5/c1-19(28(37)38)9-14-23-24(33)15-21(32)16-26(23)40-22-12-10-20(11-13-22)25-17-34-27(35(25)8)18-36(30(2,3)4)29(39)41-31(5,6)7/h10-13,15-17,19H,9,14,18H2,1-8H3,(H,37,38)/t19-/m1/s1. The third kappa shape index (κ3) is 8.45. The maximum Gasteiger partial charge on any atom is 0.411 e. The highest BCUT2D eigenvalue weighted by atomic mass is 35.5. The van der Waals surface area contributed by atoms with Crippen molar-refractivity contribution < 1.29 is 28.6 Å². The largest absolute Gasteiger partial charge is 0.481 e. The van der Waals surface area contributed by atoms with E-state index in [-0.39, 0.29) is 35.7 Å². The number of hydrogen-bond acceptors (Lipinski definition) is 5. The van der Waals surface area contributed by atoms with Gasteiger partial charge in [-0.2, -0.15) is 0 Å². The molecule has 0 aliphatic heterocycles. The van der Waals surface area contributed by atoms with Crippen molar-refractivity contribution in [2.24, 2.45) is 13.0 Å². The lowest BCUT2D eigenvalue weighted by Crippen LogP contribution is -2.47. The lowest BCUT2D eigenvalue weighted by atomic mass is 10.00. The number of nitrogens with zero attached hydrogens (tertiary/aromatic N) is 3. The Morgan fingerprint density at radius 1 is 1.12 bits per heavy atom. The van der Waals surface area contributed by atoms with Gasteiger partial charge in [-0.25, -0.2) is 14.2 Å². The molecule has 1 N–H and O–H groups in total. The van der Waals surface area contributed by atoms with Crippen molar-refractivity contribution in [3.8, 4) is 22.8 Å². The third-order valence-corrected chi connectivity index (χ3v) is 6.77. The van der Waals surface area contributed by atoms with Crippen molar-refractivity contribution in [3.05, 3.63) is 64.8 Å². The number of carboxylic acids is 1. The predicted molar refractivity (Wildman–Crippen MR) is 157 cm³/mol. The molecular weight excluding hydrogens is 549 g/mol. The average molecular weight is 588 g/mol. The van der Waals surface area contributed by atoms with E-state index >= 15 is 0 Å². The van der Waals surface area contributed by atoms with Gasteiger partial charge in [0.2, 0.25) is 0 Å². The van der Waals surface area contributed by atoms with Crippen LogP contribution in [0.2, 0.25) is 5.02 Å². The van der Waals surface area contributed by atoms with Crippen LogP contribution in [0.5, 0.6) is 11.5 Å². The molecule has 1 aromatic heterocycles. The van der Waals surface area contributed by atoms with Crippen LogP contribution in [0.4, 0.5) is 9.18 Å². The minimum absolute atomic E-state index is 0.183. The molecular formula is C31H39ClFN3O5. The van der Waals surface area contributed by atoms with Crippen LogP contribution in [0.1, 0.15) is 66.3 Å². The summed E-state index contributed by atoms with van der Waals surface area (Å²) in [6, 6.07) is 9.96. The van der Waals surface area contributed by atoms with Crippen LogP contribution in [-0.2, 0) is 29.5 Å². The first-order valence-electron chi connectivity index (χ1n) is 13.5. The number of carbonyl (C=O) groups is 2. The van der Waals surface area contributed by atoms with Gasteiger partial charge in [0.1, 0.15) is 28.7 Å². The zero-order chi connectivity index (χ0) is 30.7. The molecule has 41 heavy (non-hydrogen) atoms. The van der Waals surface area contributed by atoms with E-state index in [9.17, 15) is 19.1 Å². The Balaban J connectivity index is 1.81. The van der Waals surface area contributed by atoms with Crippen LogP contribution in [0.25, 0.3) is 11.3 Å². The molecule has 10 heteroatoms. The highest BCUT2D eigenvalue weighted by molar-refractivity contribution is 6.30. The average Bonchev–Trinajstić information content (AvgIpc) is 3.20. The van der Waals surface area contributed by atoms with Crippen molar-refractivity contribution in [2.45, 2.75) is 79.0 Å². The second-order valence-electron chi connectivity index (χ2n) is 12.1. The molecule has 222 valence electrons. The molecule has 1 atom stereocenters. The van der Waals surface area contributed by atoms with Gasteiger partial charge in [-0.1, -0.05) is 18.5 Å². The predicted octanol–water partition coefficient (Wildman–Crippen LogP) is 7.86. The fourth-order valence-electron chi connectivity index (χ4n) is 4.12. The van der Waals surface area contributed by atoms with E-state index in [0.717, 1.165) is 11.3 Å². The van der Waals surface area contributed by atoms with Gasteiger partial charge in [-0.05, 0) is 90.8 Å². The van der Waals surface area contributed by atoms with Gasteiger partial charge in [-0.15, -0.1) is 0 Å². The van der Waals surface area contributed by atoms with Crippen LogP contribution in [0.15, 0.2) is 42.6 Å². The number of carbonyl (C=O) groups excluding carboxylic acids is 1. The Kier molecular flexibility index (Phi) is 9.74. The summed E-state index contributed by atoms with van der Waals surface area (Å²) in [7, 11) is 1.89. The highest BCUT2D eigenvalue weighted by Gasteiger charge is 2.32. The van der Waals surface area contributed by atoms with Gasteiger partial charge < -0.3 is 19.1 Å². The van der Waals surface area contributed by atoms with Crippen LogP contribution >= 0.6 is 11.6 Å². The molecule has 0 fully saturated rings. The topological polar surface area (TPSA) is 93.9 Å². The summed E-state index contributed by atoms with van der Waals surface area (Å²) in [5.74, 6) is -0.704. The lowest BCUT2D eigenvalue weighted by Gasteiger charge is -2.36. The van der Waals surface area contributed by atoms with E-state index in [1.165, 1.54) is 12.1 Å². The summed E-state index contributed by atoms with van der Waals surface area (Å²) >= 11 is 6.09. The number of aliphatic carboxylic acids is 1. The summed E-state index contributed by atoms with van der Waals surface area (Å²) in [6.07, 6.45) is 1.78. The fraction of sp³-hybridized carbons (Fsp3) is 0.452. The maximum atomic E-state index is 14.7. The van der Waals surface area contributed by atoms with Gasteiger partial charge in [0.05, 0.1) is 24.4 Å². The zero-order valence-corrected chi connectivity index (χ0v) is 25.7. The summed E-state index contributed by atoms with van der Waals surface area (Å²) < 4.78 is 28.3. The molecule has 0 aliphatic rings. The molecule has 0 spiro atoms. The molecule has 3 rings (SSSR count). The summed E-state index contributed by atoms with van der Waals surface area (Å²) in [5.41, 5.74) is 0.868. The zero-order valence-electron chi connectivity index (χ0n) is 24.9. The molecule has 0 unspecified atom stereocenters. The van der Waals surface area contributed by atoms with Crippen LogP contribution in [0, 0.1) is 11.7 Å². The molecule has 0 saturated carbocycles. The number of carboxylic acid groups (broad SMARTS) is 1. The van der Waals surface area contributed by atoms with Gasteiger partial charge in [-0.3, -0.25) is 9.69 Å². The maximum absolute atomic E-state index is 14.7. The Bertz CT molecular complexity index is 1390. The quantitative estimate of drug-likeness (QED) is 0.274. The molecule has 1 heterocycles. The van der Waals surface area contributed by atoms with Crippen molar-refractivity contribution in [1.29, 1.82) is 0 Å². The van der Waals surface area contributed by atoms with E-state index in [1.54, 1.807) is 30.2 Å². The van der Waals surface area contributed by atoms with Crippen LogP contribution in [-0.4, -0.2) is 42.8 Å². The molecule has 0 aliphatic carbocycles. The molecule has 8 nitrogen and oxygen atoms in total. The molecule has 2 aromatic carbocycles. The Labute approximate surface area is 246 Å². The van der Waals surface area contributed by atoms with Crippen molar-refractivity contribution in [3.63, 3.8) is 0 Å². The van der Waals surface area contributed by atoms with E-state index in [4.69, 9.17) is 21.1 Å². The van der Waals surface area contributed by atoms with E-state index in [0.29, 0.717) is 11.6 Å². The number of hydrogen-bond donors (Lipinski definition) is 1. The molecule has 1 amide bonds. The molecule has 3 aromatic rings. The van der Waals surface area contributed by atoms with Crippen molar-refractivity contribution in [1.82, 2.24) is 14.5 Å². The Morgan fingerprint density at radius 2 is 1.76 bits per heavy atom. The number of benzene rings is 2. The van der Waals surface area contributed by atoms with Crippen LogP contribution < -0.4 is 4.74 Å². The molecule has 0 radical (unpaired) electrons. The number of amides is 1. The van der Waals surface area contributed by atoms with Crippen molar-refractivity contribution in [2.75, 3.05) is 0 Å². The summed E-state index contributed by atoms with van der Waals surface area (Å²) in [5, 5.41) is 9.37. The molecule has 0 saturated heterocycles. The smallest absolute Gasteiger partial charge is 0.411 e. The summed E-state index contributed by atoms with van der Waals surface area (Å²) in [4.78, 5) is 30.4.